The Morgan fingerprint density at radius 2 is 1.97 bits per heavy atom. The van der Waals surface area contributed by atoms with Crippen LogP contribution < -0.4 is 4.74 Å². The molecule has 1 aliphatic heterocycles. The van der Waals surface area contributed by atoms with Crippen LogP contribution in [-0.2, 0) is 16.1 Å². The molecule has 0 aromatic heterocycles. The van der Waals surface area contributed by atoms with Gasteiger partial charge in [-0.25, -0.2) is 0 Å². The zero-order chi connectivity index (χ0) is 22.9. The van der Waals surface area contributed by atoms with Gasteiger partial charge >= 0.3 is 0 Å². The van der Waals surface area contributed by atoms with Crippen molar-refractivity contribution in [3.05, 3.63) is 64.7 Å². The summed E-state index contributed by atoms with van der Waals surface area (Å²) in [5, 5.41) is 15.5. The summed E-state index contributed by atoms with van der Waals surface area (Å²) < 4.78 is 10.9. The highest BCUT2D eigenvalue weighted by molar-refractivity contribution is 6.30. The Kier molecular flexibility index (Phi) is 9.36. The van der Waals surface area contributed by atoms with Crippen molar-refractivity contribution >= 4 is 17.3 Å². The van der Waals surface area contributed by atoms with Gasteiger partial charge < -0.3 is 19.4 Å². The van der Waals surface area contributed by atoms with Crippen LogP contribution in [0.3, 0.4) is 0 Å². The molecule has 6 nitrogen and oxygen atoms in total. The third-order valence-electron chi connectivity index (χ3n) is 5.14. The van der Waals surface area contributed by atoms with E-state index in [9.17, 15) is 5.11 Å². The topological polar surface area (TPSA) is 63.5 Å². The summed E-state index contributed by atoms with van der Waals surface area (Å²) in [6.45, 7) is 6.89. The monoisotopic (exact) mass is 460 g/mol. The third kappa shape index (κ3) is 7.78. The van der Waals surface area contributed by atoms with E-state index >= 15 is 0 Å². The number of ether oxygens (including phenoxy) is 2. The molecule has 2 atom stereocenters. The Labute approximate surface area is 195 Å². The summed E-state index contributed by atoms with van der Waals surface area (Å²) in [4.78, 5) is 7.91. The predicted molar refractivity (Wildman–Crippen MR) is 127 cm³/mol. The molecule has 0 saturated carbocycles. The lowest BCUT2D eigenvalue weighted by Gasteiger charge is -2.27. The highest BCUT2D eigenvalue weighted by atomic mass is 35.5. The maximum atomic E-state index is 10.5. The third-order valence-corrected chi connectivity index (χ3v) is 5.38. The SMILES string of the molecule is COc1ccc(C2=NO[C@@H](CN(Cc3cccc(Cl)c3)C[C@@H](O)COCC(C)C)C2)cc1. The standard InChI is InChI=1S/C25H33ClN2O4/c1-18(2)16-31-17-22(29)14-28(13-19-5-4-6-21(26)11-19)15-24-12-25(27-32-24)20-7-9-23(30-3)10-8-20/h4-11,18,22,24,29H,12-17H2,1-3H3/t22-,24-/m1/s1. The molecule has 0 amide bonds. The number of oxime groups is 1. The van der Waals surface area contributed by atoms with Crippen LogP contribution in [0.5, 0.6) is 5.75 Å². The molecule has 32 heavy (non-hydrogen) atoms. The number of rotatable bonds is 12. The smallest absolute Gasteiger partial charge is 0.145 e. The van der Waals surface area contributed by atoms with Gasteiger partial charge in [0.1, 0.15) is 11.9 Å². The first-order valence-electron chi connectivity index (χ1n) is 11.0. The van der Waals surface area contributed by atoms with Gasteiger partial charge in [0.05, 0.1) is 25.5 Å². The highest BCUT2D eigenvalue weighted by Crippen LogP contribution is 2.21. The average Bonchev–Trinajstić information content (AvgIpc) is 3.22. The van der Waals surface area contributed by atoms with Gasteiger partial charge in [0.15, 0.2) is 0 Å². The lowest BCUT2D eigenvalue weighted by atomic mass is 10.0. The minimum atomic E-state index is -0.587. The van der Waals surface area contributed by atoms with Crippen LogP contribution >= 0.6 is 11.6 Å². The van der Waals surface area contributed by atoms with Crippen LogP contribution in [0, 0.1) is 5.92 Å². The van der Waals surface area contributed by atoms with Crippen molar-refractivity contribution in [3.8, 4) is 5.75 Å². The molecule has 0 spiro atoms. The number of halogens is 1. The maximum absolute atomic E-state index is 10.5. The summed E-state index contributed by atoms with van der Waals surface area (Å²) in [6, 6.07) is 15.6. The molecule has 1 heterocycles. The molecular formula is C25H33ClN2O4. The number of aliphatic hydroxyl groups is 1. The van der Waals surface area contributed by atoms with Crippen LogP contribution in [0.25, 0.3) is 0 Å². The lowest BCUT2D eigenvalue weighted by Crippen LogP contribution is -2.39. The van der Waals surface area contributed by atoms with E-state index in [1.54, 1.807) is 7.11 Å². The first-order chi connectivity index (χ1) is 15.4. The van der Waals surface area contributed by atoms with Gasteiger partial charge in [-0.3, -0.25) is 4.90 Å². The number of hydrogen-bond donors (Lipinski definition) is 1. The van der Waals surface area contributed by atoms with Gasteiger partial charge in [-0.2, -0.15) is 0 Å². The van der Waals surface area contributed by atoms with Gasteiger partial charge in [-0.1, -0.05) is 42.7 Å². The Hall–Kier alpha value is -2.12. The molecule has 3 rings (SSSR count). The van der Waals surface area contributed by atoms with Gasteiger partial charge in [0.25, 0.3) is 0 Å². The fourth-order valence-corrected chi connectivity index (χ4v) is 3.87. The Bertz CT molecular complexity index is 873. The number of nitrogens with zero attached hydrogens (tertiary/aromatic N) is 2. The zero-order valence-corrected chi connectivity index (χ0v) is 19.8. The normalized spacial score (nSPS) is 16.8. The largest absolute Gasteiger partial charge is 0.497 e. The number of methoxy groups -OCH3 is 1. The van der Waals surface area contributed by atoms with Crippen LogP contribution in [0.15, 0.2) is 53.7 Å². The van der Waals surface area contributed by atoms with Crippen molar-refractivity contribution in [1.82, 2.24) is 4.90 Å². The Morgan fingerprint density at radius 3 is 2.66 bits per heavy atom. The minimum absolute atomic E-state index is 0.0879. The number of hydrogen-bond acceptors (Lipinski definition) is 6. The van der Waals surface area contributed by atoms with Crippen molar-refractivity contribution in [2.24, 2.45) is 11.1 Å². The number of benzene rings is 2. The Balaban J connectivity index is 1.60. The second-order valence-electron chi connectivity index (χ2n) is 8.61. The summed E-state index contributed by atoms with van der Waals surface area (Å²) >= 11 is 6.17. The number of aliphatic hydroxyl groups excluding tert-OH is 1. The molecule has 7 heteroatoms. The molecule has 0 saturated heterocycles. The van der Waals surface area contributed by atoms with E-state index in [0.29, 0.717) is 50.2 Å². The van der Waals surface area contributed by atoms with Gasteiger partial charge in [-0.05, 0) is 53.4 Å². The summed E-state index contributed by atoms with van der Waals surface area (Å²) in [5.41, 5.74) is 3.03. The van der Waals surface area contributed by atoms with Crippen LogP contribution in [0.4, 0.5) is 0 Å². The molecule has 0 fully saturated rings. The van der Waals surface area contributed by atoms with E-state index in [1.807, 2.05) is 48.5 Å². The fraction of sp³-hybridized carbons (Fsp3) is 0.480. The molecular weight excluding hydrogens is 428 g/mol. The van der Waals surface area contributed by atoms with Crippen molar-refractivity contribution in [2.45, 2.75) is 39.0 Å². The van der Waals surface area contributed by atoms with Crippen molar-refractivity contribution in [2.75, 3.05) is 33.4 Å². The van der Waals surface area contributed by atoms with E-state index in [2.05, 4.69) is 23.9 Å². The van der Waals surface area contributed by atoms with Crippen molar-refractivity contribution in [3.63, 3.8) is 0 Å². The van der Waals surface area contributed by atoms with Gasteiger partial charge in [-0.15, -0.1) is 0 Å². The summed E-state index contributed by atoms with van der Waals surface area (Å²) in [5.74, 6) is 1.25. The fourth-order valence-electron chi connectivity index (χ4n) is 3.66. The van der Waals surface area contributed by atoms with Gasteiger partial charge in [0.2, 0.25) is 0 Å². The summed E-state index contributed by atoms with van der Waals surface area (Å²) in [7, 11) is 1.65. The molecule has 0 radical (unpaired) electrons. The zero-order valence-electron chi connectivity index (χ0n) is 19.0. The summed E-state index contributed by atoms with van der Waals surface area (Å²) in [6.07, 6.45) is 0.0320. The van der Waals surface area contributed by atoms with Crippen LogP contribution in [0.1, 0.15) is 31.4 Å². The second-order valence-corrected chi connectivity index (χ2v) is 9.04. The first kappa shape index (κ1) is 24.5. The molecule has 1 aliphatic rings. The van der Waals surface area contributed by atoms with Gasteiger partial charge in [0, 0.05) is 37.7 Å². The van der Waals surface area contributed by atoms with Crippen molar-refractivity contribution in [1.29, 1.82) is 0 Å². The quantitative estimate of drug-likeness (QED) is 0.509. The maximum Gasteiger partial charge on any atom is 0.145 e. The lowest BCUT2D eigenvalue weighted by molar-refractivity contribution is -0.00734. The Morgan fingerprint density at radius 1 is 1.19 bits per heavy atom. The van der Waals surface area contributed by atoms with Crippen molar-refractivity contribution < 1.29 is 19.4 Å². The minimum Gasteiger partial charge on any atom is -0.497 e. The molecule has 0 unspecified atom stereocenters. The first-order valence-corrected chi connectivity index (χ1v) is 11.4. The van der Waals surface area contributed by atoms with Crippen LogP contribution in [0.2, 0.25) is 5.02 Å². The van der Waals surface area contributed by atoms with E-state index in [-0.39, 0.29) is 6.10 Å². The molecule has 0 bridgehead atoms. The van der Waals surface area contributed by atoms with Crippen LogP contribution in [-0.4, -0.2) is 61.3 Å². The second kappa shape index (κ2) is 12.2. The average molecular weight is 461 g/mol. The predicted octanol–water partition coefficient (Wildman–Crippen LogP) is 4.38. The van der Waals surface area contributed by atoms with E-state index in [1.165, 1.54) is 0 Å². The molecule has 174 valence electrons. The van der Waals surface area contributed by atoms with E-state index in [0.717, 1.165) is 22.6 Å². The molecule has 2 aromatic carbocycles. The van der Waals surface area contributed by atoms with E-state index < -0.39 is 6.10 Å². The molecule has 0 aliphatic carbocycles. The molecule has 1 N–H and O–H groups in total. The van der Waals surface area contributed by atoms with E-state index in [4.69, 9.17) is 25.9 Å². The highest BCUT2D eigenvalue weighted by Gasteiger charge is 2.26. The molecule has 2 aromatic rings.